The molecule has 6 rings (SSSR count). The lowest BCUT2D eigenvalue weighted by Crippen LogP contribution is -2.77. The number of phenolic OH excluding ortho intramolecular Hbond substituents is 1. The van der Waals surface area contributed by atoms with Gasteiger partial charge in [0.15, 0.2) is 0 Å². The van der Waals surface area contributed by atoms with Crippen LogP contribution in [-0.4, -0.2) is 88.2 Å². The fraction of sp³-hybridized carbons (Fsp3) is 0.448. The largest absolute Gasteiger partial charge is 0.508 e. The van der Waals surface area contributed by atoms with Crippen LogP contribution < -0.4 is 11.1 Å². The van der Waals surface area contributed by atoms with E-state index >= 15 is 0 Å². The molecular formula is C29H35N5O4. The fourth-order valence-corrected chi connectivity index (χ4v) is 6.40. The van der Waals surface area contributed by atoms with Crippen molar-refractivity contribution in [3.63, 3.8) is 0 Å². The maximum atomic E-state index is 14.0. The van der Waals surface area contributed by atoms with Crippen molar-refractivity contribution < 1.29 is 19.4 Å². The highest BCUT2D eigenvalue weighted by Gasteiger charge is 2.52. The van der Waals surface area contributed by atoms with Gasteiger partial charge in [-0.3, -0.25) is 14.9 Å². The molecule has 9 nitrogen and oxygen atoms in total. The highest BCUT2D eigenvalue weighted by molar-refractivity contribution is 5.93. The van der Waals surface area contributed by atoms with E-state index in [1.165, 1.54) is 0 Å². The quantitative estimate of drug-likeness (QED) is 0.377. The number of hydrogen-bond acceptors (Lipinski definition) is 6. The molecule has 0 aliphatic carbocycles. The third-order valence-corrected chi connectivity index (χ3v) is 8.31. The predicted octanol–water partition coefficient (Wildman–Crippen LogP) is 1.54. The Morgan fingerprint density at radius 3 is 2.66 bits per heavy atom. The third-order valence-electron chi connectivity index (χ3n) is 8.31. The Morgan fingerprint density at radius 2 is 1.84 bits per heavy atom. The van der Waals surface area contributed by atoms with Crippen molar-refractivity contribution in [1.29, 1.82) is 0 Å². The minimum Gasteiger partial charge on any atom is -0.508 e. The van der Waals surface area contributed by atoms with Gasteiger partial charge in [-0.1, -0.05) is 30.3 Å². The second-order valence-corrected chi connectivity index (χ2v) is 10.7. The van der Waals surface area contributed by atoms with E-state index in [1.54, 1.807) is 12.1 Å². The smallest absolute Gasteiger partial charge is 0.245 e. The number of carbonyl (C=O) groups excluding carboxylic acids is 2. The molecule has 38 heavy (non-hydrogen) atoms. The number of aromatic amines is 1. The van der Waals surface area contributed by atoms with Gasteiger partial charge < -0.3 is 30.4 Å². The number of aromatic hydroxyl groups is 1. The first-order valence-electron chi connectivity index (χ1n) is 13.5. The zero-order valence-electron chi connectivity index (χ0n) is 21.4. The molecule has 3 aliphatic rings. The number of hydrogen-bond donors (Lipinski definition) is 4. The number of rotatable bonds is 7. The van der Waals surface area contributed by atoms with Crippen molar-refractivity contribution >= 4 is 22.7 Å². The molecule has 4 heterocycles. The van der Waals surface area contributed by atoms with Gasteiger partial charge in [0, 0.05) is 23.6 Å². The minimum atomic E-state index is -0.528. The van der Waals surface area contributed by atoms with Crippen molar-refractivity contribution in [1.82, 2.24) is 20.1 Å². The van der Waals surface area contributed by atoms with Crippen LogP contribution in [0.4, 0.5) is 0 Å². The number of amides is 2. The van der Waals surface area contributed by atoms with Gasteiger partial charge in [-0.25, -0.2) is 0 Å². The van der Waals surface area contributed by atoms with Crippen LogP contribution >= 0.6 is 0 Å². The minimum absolute atomic E-state index is 0.0242. The first-order valence-corrected chi connectivity index (χ1v) is 13.5. The summed E-state index contributed by atoms with van der Waals surface area (Å²) < 4.78 is 6.19. The Morgan fingerprint density at radius 1 is 1.03 bits per heavy atom. The summed E-state index contributed by atoms with van der Waals surface area (Å²) in [5, 5.41) is 14.4. The van der Waals surface area contributed by atoms with Crippen LogP contribution in [0.1, 0.15) is 24.0 Å². The average Bonchev–Trinajstić information content (AvgIpc) is 3.32. The van der Waals surface area contributed by atoms with Crippen molar-refractivity contribution in [2.75, 3.05) is 26.3 Å². The topological polar surface area (TPSA) is 124 Å². The Balaban J connectivity index is 1.29. The molecule has 2 amide bonds. The van der Waals surface area contributed by atoms with Crippen molar-refractivity contribution in [2.45, 2.75) is 55.9 Å². The van der Waals surface area contributed by atoms with Gasteiger partial charge in [0.05, 0.1) is 37.4 Å². The number of aromatic nitrogens is 1. The van der Waals surface area contributed by atoms with Crippen LogP contribution in [0, 0.1) is 0 Å². The SMILES string of the molecule is NCCC[C@@H]1C(=O)N2C[C@H]3[C@H](COC[C@@H]2Cc2ccc(O)cc2)N[C@@H](Cc2c[nH]c4ccccc24)C(=O)N13. The molecule has 0 spiro atoms. The van der Waals surface area contributed by atoms with Crippen LogP contribution in [0.25, 0.3) is 10.9 Å². The molecule has 0 saturated carbocycles. The molecule has 2 aromatic carbocycles. The molecule has 3 aromatic rings. The first kappa shape index (κ1) is 24.9. The summed E-state index contributed by atoms with van der Waals surface area (Å²) in [4.78, 5) is 35.1. The Hall–Kier alpha value is -3.40. The van der Waals surface area contributed by atoms with E-state index < -0.39 is 12.1 Å². The van der Waals surface area contributed by atoms with E-state index in [4.69, 9.17) is 10.5 Å². The number of nitrogens with one attached hydrogen (secondary N) is 2. The molecular weight excluding hydrogens is 482 g/mol. The van der Waals surface area contributed by atoms with E-state index in [0.717, 1.165) is 22.0 Å². The zero-order valence-corrected chi connectivity index (χ0v) is 21.4. The molecule has 5 atom stereocenters. The summed E-state index contributed by atoms with van der Waals surface area (Å²) in [7, 11) is 0. The third kappa shape index (κ3) is 4.55. The second-order valence-electron chi connectivity index (χ2n) is 10.7. The van der Waals surface area contributed by atoms with Gasteiger partial charge in [0.25, 0.3) is 0 Å². The molecule has 1 aromatic heterocycles. The van der Waals surface area contributed by atoms with Crippen molar-refractivity contribution in [3.05, 3.63) is 65.9 Å². The van der Waals surface area contributed by atoms with E-state index in [9.17, 15) is 14.7 Å². The van der Waals surface area contributed by atoms with Crippen LogP contribution in [0.15, 0.2) is 54.7 Å². The summed E-state index contributed by atoms with van der Waals surface area (Å²) >= 11 is 0. The molecule has 3 saturated heterocycles. The van der Waals surface area contributed by atoms with Gasteiger partial charge in [-0.05, 0) is 61.6 Å². The number of phenols is 1. The Bertz CT molecular complexity index is 1310. The molecule has 2 bridgehead atoms. The summed E-state index contributed by atoms with van der Waals surface area (Å²) in [5.74, 6) is 0.164. The monoisotopic (exact) mass is 517 g/mol. The number of nitrogens with zero attached hydrogens (tertiary/aromatic N) is 2. The molecule has 200 valence electrons. The molecule has 3 aliphatic heterocycles. The number of H-pyrrole nitrogens is 1. The Kier molecular flexibility index (Phi) is 6.82. The number of fused-ring (bicyclic) bond motifs is 2. The number of benzene rings is 2. The summed E-state index contributed by atoms with van der Waals surface area (Å²) in [6.07, 6.45) is 4.35. The number of piperazine rings is 2. The van der Waals surface area contributed by atoms with Gasteiger partial charge >= 0.3 is 0 Å². The van der Waals surface area contributed by atoms with Crippen LogP contribution in [0.5, 0.6) is 5.75 Å². The maximum Gasteiger partial charge on any atom is 0.245 e. The molecule has 0 radical (unpaired) electrons. The van der Waals surface area contributed by atoms with E-state index in [-0.39, 0.29) is 35.7 Å². The van der Waals surface area contributed by atoms with Gasteiger partial charge in [-0.2, -0.15) is 0 Å². The van der Waals surface area contributed by atoms with E-state index in [1.807, 2.05) is 46.3 Å². The highest BCUT2D eigenvalue weighted by atomic mass is 16.5. The molecule has 5 N–H and O–H groups in total. The maximum absolute atomic E-state index is 14.0. The number of nitrogens with two attached hydrogens (primary N) is 1. The normalized spacial score (nSPS) is 27.4. The lowest BCUT2D eigenvalue weighted by molar-refractivity contribution is -0.171. The van der Waals surface area contributed by atoms with E-state index in [2.05, 4.69) is 16.4 Å². The number of carbonyl (C=O) groups is 2. The zero-order chi connectivity index (χ0) is 26.2. The van der Waals surface area contributed by atoms with E-state index in [0.29, 0.717) is 52.0 Å². The lowest BCUT2D eigenvalue weighted by Gasteiger charge is -2.55. The van der Waals surface area contributed by atoms with Crippen LogP contribution in [0.2, 0.25) is 0 Å². The highest BCUT2D eigenvalue weighted by Crippen LogP contribution is 2.32. The predicted molar refractivity (Wildman–Crippen MR) is 144 cm³/mol. The average molecular weight is 518 g/mol. The van der Waals surface area contributed by atoms with Gasteiger partial charge in [0.2, 0.25) is 11.8 Å². The van der Waals surface area contributed by atoms with Crippen LogP contribution in [-0.2, 0) is 27.2 Å². The van der Waals surface area contributed by atoms with Gasteiger partial charge in [-0.15, -0.1) is 0 Å². The van der Waals surface area contributed by atoms with Crippen LogP contribution in [0.3, 0.4) is 0 Å². The second kappa shape index (κ2) is 10.4. The summed E-state index contributed by atoms with van der Waals surface area (Å²) in [6.45, 7) is 1.84. The lowest BCUT2D eigenvalue weighted by atomic mass is 9.88. The standard InChI is InChI=1S/C29H35N5O4/c30-11-3-6-26-29(37)33-15-27-25(17-38-16-20(33)12-18-7-9-21(35)10-8-18)32-24(28(36)34(26)27)13-19-14-31-23-5-2-1-4-22(19)23/h1-2,4-5,7-10,14,20,24-27,31-32,35H,3,6,11-13,15-17,30H2/t20-,24-,25-,26+,27-/m0/s1. The number of para-hydroxylation sites is 1. The summed E-state index contributed by atoms with van der Waals surface area (Å²) in [6, 6.07) is 13.8. The van der Waals surface area contributed by atoms with Gasteiger partial charge in [0.1, 0.15) is 11.8 Å². The Labute approximate surface area is 221 Å². The van der Waals surface area contributed by atoms with Crippen molar-refractivity contribution in [3.8, 4) is 5.75 Å². The molecule has 9 heteroatoms. The molecule has 3 fully saturated rings. The fourth-order valence-electron chi connectivity index (χ4n) is 6.40. The van der Waals surface area contributed by atoms with Crippen molar-refractivity contribution in [2.24, 2.45) is 5.73 Å². The molecule has 0 unspecified atom stereocenters. The summed E-state index contributed by atoms with van der Waals surface area (Å²) in [5.41, 5.74) is 9.00. The first-order chi connectivity index (χ1) is 18.5. The number of ether oxygens (including phenoxy) is 1.